The summed E-state index contributed by atoms with van der Waals surface area (Å²) in [5.41, 5.74) is 2.57. The van der Waals surface area contributed by atoms with Crippen molar-refractivity contribution in [2.24, 2.45) is 5.92 Å². The molecule has 3 aromatic rings. The molecule has 170 valence electrons. The number of nitro groups is 1. The Balaban J connectivity index is 1.78. The van der Waals surface area contributed by atoms with Crippen molar-refractivity contribution in [2.75, 3.05) is 0 Å². The lowest BCUT2D eigenvalue weighted by Gasteiger charge is -2.25. The number of phenols is 1. The zero-order valence-corrected chi connectivity index (χ0v) is 18.0. The van der Waals surface area contributed by atoms with Crippen molar-refractivity contribution in [1.29, 1.82) is 0 Å². The lowest BCUT2D eigenvalue weighted by Crippen LogP contribution is -2.25. The summed E-state index contributed by atoms with van der Waals surface area (Å²) in [5.74, 6) is -0.536. The lowest BCUT2D eigenvalue weighted by molar-refractivity contribution is -0.384. The van der Waals surface area contributed by atoms with E-state index in [1.165, 1.54) is 30.3 Å². The van der Waals surface area contributed by atoms with Gasteiger partial charge in [0.2, 0.25) is 0 Å². The molecule has 0 aliphatic heterocycles. The van der Waals surface area contributed by atoms with Gasteiger partial charge in [0.1, 0.15) is 5.75 Å². The molecule has 7 nitrogen and oxygen atoms in total. The number of nitrogens with zero attached hydrogens (tertiary/aromatic N) is 2. The summed E-state index contributed by atoms with van der Waals surface area (Å²) in [6.45, 7) is 3.75. The van der Waals surface area contributed by atoms with Crippen molar-refractivity contribution >= 4 is 17.3 Å². The summed E-state index contributed by atoms with van der Waals surface area (Å²) >= 11 is 0. The third kappa shape index (κ3) is 6.12. The number of aliphatic hydroxyl groups is 2. The van der Waals surface area contributed by atoms with Crippen LogP contribution < -0.4 is 0 Å². The molecule has 0 spiro atoms. The van der Waals surface area contributed by atoms with Crippen LogP contribution in [0.2, 0.25) is 0 Å². The van der Waals surface area contributed by atoms with Gasteiger partial charge in [-0.15, -0.1) is 6.58 Å². The number of aliphatic hydroxyl groups excluding tert-OH is 2. The second kappa shape index (κ2) is 11.2. The zero-order chi connectivity index (χ0) is 23.8. The van der Waals surface area contributed by atoms with Gasteiger partial charge in [-0.2, -0.15) is 0 Å². The van der Waals surface area contributed by atoms with E-state index >= 15 is 0 Å². The first kappa shape index (κ1) is 23.8. The number of non-ortho nitro benzene ring substituents is 1. The molecule has 0 amide bonds. The fraction of sp³-hybridized carbons (Fsp3) is 0.192. The summed E-state index contributed by atoms with van der Waals surface area (Å²) in [6, 6.07) is 18.1. The minimum Gasteiger partial charge on any atom is -0.507 e. The van der Waals surface area contributed by atoms with Crippen molar-refractivity contribution in [3.8, 4) is 5.75 Å². The minimum absolute atomic E-state index is 0.0732. The molecule has 3 rings (SSSR count). The molecular formula is C26H26N2O5. The van der Waals surface area contributed by atoms with Gasteiger partial charge in [0.05, 0.1) is 22.8 Å². The van der Waals surface area contributed by atoms with Gasteiger partial charge in [-0.25, -0.2) is 0 Å². The van der Waals surface area contributed by atoms with E-state index in [2.05, 4.69) is 11.6 Å². The maximum Gasteiger partial charge on any atom is 0.269 e. The van der Waals surface area contributed by atoms with Crippen LogP contribution in [0.5, 0.6) is 5.75 Å². The highest BCUT2D eigenvalue weighted by Gasteiger charge is 2.26. The van der Waals surface area contributed by atoms with Gasteiger partial charge < -0.3 is 15.3 Å². The molecule has 0 saturated heterocycles. The predicted octanol–water partition coefficient (Wildman–Crippen LogP) is 4.91. The smallest absolute Gasteiger partial charge is 0.269 e. The fourth-order valence-electron chi connectivity index (χ4n) is 3.63. The Morgan fingerprint density at radius 2 is 1.76 bits per heavy atom. The SMILES string of the molecule is C=C[C@H]([C@H](O)CC/C(=C/c1ccccc1O)c1ccccn1)[C@H](O)c1ccc([N+](=O)[O-])cc1. The van der Waals surface area contributed by atoms with Crippen LogP contribution in [0.15, 0.2) is 85.6 Å². The Labute approximate surface area is 192 Å². The van der Waals surface area contributed by atoms with Crippen LogP contribution in [0.25, 0.3) is 11.6 Å². The van der Waals surface area contributed by atoms with Gasteiger partial charge in [-0.1, -0.05) is 30.3 Å². The number of aromatic nitrogens is 1. The quantitative estimate of drug-likeness (QED) is 0.231. The average Bonchev–Trinajstić information content (AvgIpc) is 2.83. The highest BCUT2D eigenvalue weighted by atomic mass is 16.6. The van der Waals surface area contributed by atoms with Gasteiger partial charge in [-0.05, 0) is 60.4 Å². The third-order valence-electron chi connectivity index (χ3n) is 5.50. The normalized spacial score (nSPS) is 14.3. The number of benzene rings is 2. The van der Waals surface area contributed by atoms with Crippen LogP contribution in [-0.4, -0.2) is 31.3 Å². The second-order valence-electron chi connectivity index (χ2n) is 7.66. The van der Waals surface area contributed by atoms with E-state index in [4.69, 9.17) is 0 Å². The molecule has 3 atom stereocenters. The van der Waals surface area contributed by atoms with Crippen LogP contribution >= 0.6 is 0 Å². The molecule has 0 fully saturated rings. The average molecular weight is 447 g/mol. The third-order valence-corrected chi connectivity index (χ3v) is 5.50. The molecule has 7 heteroatoms. The Morgan fingerprint density at radius 1 is 1.06 bits per heavy atom. The molecule has 0 aliphatic carbocycles. The number of hydrogen-bond acceptors (Lipinski definition) is 6. The van der Waals surface area contributed by atoms with Gasteiger partial charge >= 0.3 is 0 Å². The van der Waals surface area contributed by atoms with Crippen molar-refractivity contribution < 1.29 is 20.2 Å². The first-order valence-electron chi connectivity index (χ1n) is 10.5. The lowest BCUT2D eigenvalue weighted by atomic mass is 9.87. The first-order chi connectivity index (χ1) is 15.9. The molecule has 2 aromatic carbocycles. The molecule has 0 bridgehead atoms. The van der Waals surface area contributed by atoms with Crippen LogP contribution in [0.1, 0.15) is 35.8 Å². The van der Waals surface area contributed by atoms with Crippen LogP contribution in [-0.2, 0) is 0 Å². The summed E-state index contributed by atoms with van der Waals surface area (Å²) in [7, 11) is 0. The van der Waals surface area contributed by atoms with Crippen LogP contribution in [0, 0.1) is 16.0 Å². The van der Waals surface area contributed by atoms with E-state index in [1.54, 1.807) is 24.4 Å². The number of phenolic OH excluding ortho intramolecular Hbond substituents is 1. The van der Waals surface area contributed by atoms with Crippen molar-refractivity contribution in [2.45, 2.75) is 25.0 Å². The molecule has 0 saturated carbocycles. The van der Waals surface area contributed by atoms with Crippen LogP contribution in [0.3, 0.4) is 0 Å². The van der Waals surface area contributed by atoms with Gasteiger partial charge in [0.15, 0.2) is 0 Å². The number of para-hydroxylation sites is 1. The van der Waals surface area contributed by atoms with Crippen LogP contribution in [0.4, 0.5) is 5.69 Å². The molecule has 0 unspecified atom stereocenters. The van der Waals surface area contributed by atoms with E-state index in [-0.39, 0.29) is 11.4 Å². The van der Waals surface area contributed by atoms with Gasteiger partial charge in [-0.3, -0.25) is 15.1 Å². The molecule has 33 heavy (non-hydrogen) atoms. The van der Waals surface area contributed by atoms with Gasteiger partial charge in [0.25, 0.3) is 5.69 Å². The Bertz CT molecular complexity index is 1110. The highest BCUT2D eigenvalue weighted by molar-refractivity contribution is 5.81. The summed E-state index contributed by atoms with van der Waals surface area (Å²) in [5, 5.41) is 42.7. The van der Waals surface area contributed by atoms with E-state index in [1.807, 2.05) is 30.3 Å². The maximum atomic E-state index is 10.9. The Kier molecular flexibility index (Phi) is 8.07. The second-order valence-corrected chi connectivity index (χ2v) is 7.66. The number of hydrogen-bond donors (Lipinski definition) is 3. The van der Waals surface area contributed by atoms with E-state index < -0.39 is 23.0 Å². The topological polar surface area (TPSA) is 117 Å². The zero-order valence-electron chi connectivity index (χ0n) is 18.0. The summed E-state index contributed by atoms with van der Waals surface area (Å²) in [6.07, 6.45) is 3.74. The summed E-state index contributed by atoms with van der Waals surface area (Å²) in [4.78, 5) is 14.7. The van der Waals surface area contributed by atoms with Crippen molar-refractivity contribution in [3.63, 3.8) is 0 Å². The van der Waals surface area contributed by atoms with E-state index in [0.717, 1.165) is 11.3 Å². The number of allylic oxidation sites excluding steroid dienone is 1. The number of pyridine rings is 1. The van der Waals surface area contributed by atoms with Gasteiger partial charge in [0, 0.05) is 29.8 Å². The molecule has 0 radical (unpaired) electrons. The Morgan fingerprint density at radius 3 is 2.36 bits per heavy atom. The molecule has 1 aromatic heterocycles. The number of nitro benzene ring substituents is 1. The molecule has 1 heterocycles. The number of rotatable bonds is 10. The Hall–Kier alpha value is -3.81. The predicted molar refractivity (Wildman–Crippen MR) is 127 cm³/mol. The molecular weight excluding hydrogens is 420 g/mol. The first-order valence-corrected chi connectivity index (χ1v) is 10.5. The monoisotopic (exact) mass is 446 g/mol. The number of aromatic hydroxyl groups is 1. The highest BCUT2D eigenvalue weighted by Crippen LogP contribution is 2.32. The maximum absolute atomic E-state index is 10.9. The standard InChI is InChI=1S/C26H26N2O5/c1-2-22(26(31)18-10-13-21(14-11-18)28(32)33)25(30)15-12-19(23-8-5-6-16-27-23)17-20-7-3-4-9-24(20)29/h2-11,13-14,16-17,22,25-26,29-31H,1,12,15H2/b19-17-/t22-,25-,26-/m1/s1. The summed E-state index contributed by atoms with van der Waals surface area (Å²) < 4.78 is 0. The van der Waals surface area contributed by atoms with E-state index in [9.17, 15) is 25.4 Å². The largest absolute Gasteiger partial charge is 0.507 e. The minimum atomic E-state index is -1.07. The fourth-order valence-corrected chi connectivity index (χ4v) is 3.63. The molecule has 0 aliphatic rings. The van der Waals surface area contributed by atoms with Crippen molar-refractivity contribution in [3.05, 3.63) is 113 Å². The van der Waals surface area contributed by atoms with E-state index in [0.29, 0.717) is 24.0 Å². The molecule has 3 N–H and O–H groups in total. The van der Waals surface area contributed by atoms with Crippen molar-refractivity contribution in [1.82, 2.24) is 4.98 Å².